The first-order chi connectivity index (χ1) is 11.7. The second-order valence-corrected chi connectivity index (χ2v) is 7.51. The van der Waals surface area contributed by atoms with Crippen molar-refractivity contribution in [3.8, 4) is 12.3 Å². The molecular formula is C14H17N2O8P. The van der Waals surface area contributed by atoms with Crippen LogP contribution in [0.5, 0.6) is 0 Å². The Hall–Kier alpha value is -1.73. The number of nitrogens with one attached hydrogen (secondary N) is 1. The minimum absolute atomic E-state index is 0.215. The number of hydrogen-bond acceptors (Lipinski definition) is 8. The molecule has 11 heteroatoms. The smallest absolute Gasteiger partial charge is 0.371 e. The molecule has 3 heterocycles. The molecule has 0 saturated carbocycles. The third-order valence-electron chi connectivity index (χ3n) is 3.77. The highest BCUT2D eigenvalue weighted by Gasteiger charge is 2.62. The third kappa shape index (κ3) is 3.11. The molecule has 2 N–H and O–H groups in total. The molecule has 136 valence electrons. The first-order valence-electron chi connectivity index (χ1n) is 7.47. The number of terminal acetylenes is 1. The fourth-order valence-corrected chi connectivity index (χ4v) is 4.32. The van der Waals surface area contributed by atoms with Crippen molar-refractivity contribution in [2.75, 3.05) is 6.61 Å². The van der Waals surface area contributed by atoms with E-state index in [0.717, 1.165) is 16.8 Å². The van der Waals surface area contributed by atoms with Crippen LogP contribution in [0.25, 0.3) is 0 Å². The van der Waals surface area contributed by atoms with Crippen LogP contribution in [0.15, 0.2) is 21.9 Å². The number of phosphoric acid groups is 1. The number of rotatable bonds is 3. The van der Waals surface area contributed by atoms with Gasteiger partial charge in [-0.05, 0) is 13.8 Å². The number of aromatic nitrogens is 2. The van der Waals surface area contributed by atoms with Gasteiger partial charge in [0.05, 0.1) is 12.7 Å². The van der Waals surface area contributed by atoms with E-state index in [1.807, 2.05) is 4.98 Å². The van der Waals surface area contributed by atoms with Gasteiger partial charge < -0.3 is 9.84 Å². The Bertz CT molecular complexity index is 871. The van der Waals surface area contributed by atoms with E-state index in [4.69, 9.17) is 24.7 Å². The highest BCUT2D eigenvalue weighted by molar-refractivity contribution is 7.48. The van der Waals surface area contributed by atoms with Crippen LogP contribution < -0.4 is 11.2 Å². The average molecular weight is 372 g/mol. The summed E-state index contributed by atoms with van der Waals surface area (Å²) < 4.78 is 34.7. The number of nitrogens with zero attached hydrogens (tertiary/aromatic N) is 1. The summed E-state index contributed by atoms with van der Waals surface area (Å²) in [7, 11) is -3.95. The summed E-state index contributed by atoms with van der Waals surface area (Å²) in [4.78, 5) is 25.3. The summed E-state index contributed by atoms with van der Waals surface area (Å²) in [5.41, 5.74) is -3.57. The zero-order valence-corrected chi connectivity index (χ0v) is 14.3. The van der Waals surface area contributed by atoms with Gasteiger partial charge in [0.1, 0.15) is 12.2 Å². The maximum atomic E-state index is 12.5. The van der Waals surface area contributed by atoms with E-state index < -0.39 is 49.2 Å². The number of H-pyrrole nitrogens is 1. The maximum Gasteiger partial charge on any atom is 0.475 e. The van der Waals surface area contributed by atoms with Gasteiger partial charge in [-0.3, -0.25) is 27.9 Å². The maximum absolute atomic E-state index is 12.5. The van der Waals surface area contributed by atoms with Crippen LogP contribution in [0.2, 0.25) is 0 Å². The van der Waals surface area contributed by atoms with Crippen LogP contribution >= 0.6 is 7.82 Å². The Morgan fingerprint density at radius 1 is 1.56 bits per heavy atom. The average Bonchev–Trinajstić information content (AvgIpc) is 2.79. The van der Waals surface area contributed by atoms with Crippen molar-refractivity contribution in [1.82, 2.24) is 9.55 Å². The molecule has 2 aliphatic heterocycles. The molecule has 1 aromatic heterocycles. The van der Waals surface area contributed by atoms with E-state index in [2.05, 4.69) is 5.92 Å². The molecule has 0 amide bonds. The second kappa shape index (κ2) is 6.21. The number of fused-ring (bicyclic) bond motifs is 1. The van der Waals surface area contributed by atoms with Gasteiger partial charge in [0, 0.05) is 12.3 Å². The van der Waals surface area contributed by atoms with Crippen molar-refractivity contribution in [2.24, 2.45) is 0 Å². The van der Waals surface area contributed by atoms with Crippen LogP contribution in [0.4, 0.5) is 0 Å². The van der Waals surface area contributed by atoms with Crippen molar-refractivity contribution in [3.05, 3.63) is 33.1 Å². The second-order valence-electron chi connectivity index (χ2n) is 5.94. The van der Waals surface area contributed by atoms with E-state index in [1.165, 1.54) is 0 Å². The lowest BCUT2D eigenvalue weighted by molar-refractivity contribution is -0.0753. The fourth-order valence-electron chi connectivity index (χ4n) is 2.73. The summed E-state index contributed by atoms with van der Waals surface area (Å²) >= 11 is 0. The topological polar surface area (TPSA) is 129 Å². The molecule has 2 fully saturated rings. The summed E-state index contributed by atoms with van der Waals surface area (Å²) in [6.45, 7) is 3.06. The zero-order chi connectivity index (χ0) is 18.4. The molecule has 0 bridgehead atoms. The number of ether oxygens (including phenoxy) is 1. The van der Waals surface area contributed by atoms with Crippen LogP contribution in [0.3, 0.4) is 0 Å². The van der Waals surface area contributed by atoms with E-state index >= 15 is 0 Å². The van der Waals surface area contributed by atoms with Gasteiger partial charge in [0.25, 0.3) is 5.56 Å². The highest BCUT2D eigenvalue weighted by atomic mass is 31.2. The van der Waals surface area contributed by atoms with Crippen LogP contribution in [0, 0.1) is 12.3 Å². The van der Waals surface area contributed by atoms with Crippen molar-refractivity contribution in [1.29, 1.82) is 0 Å². The number of aliphatic hydroxyl groups is 1. The Morgan fingerprint density at radius 2 is 2.28 bits per heavy atom. The molecular weight excluding hydrogens is 355 g/mol. The van der Waals surface area contributed by atoms with Gasteiger partial charge in [0.15, 0.2) is 11.8 Å². The van der Waals surface area contributed by atoms with Crippen LogP contribution in [-0.2, 0) is 22.9 Å². The molecule has 0 aromatic carbocycles. The molecule has 5 atom stereocenters. The first kappa shape index (κ1) is 18.1. The standard InChI is InChI=1S/C14H17N2O8P/c1-4-14(19)11-9(7-21-25(20,24-11)23-8(2)3)22-12(14)16-6-5-10(17)15-13(16)18/h1,5-6,8-9,11-12,19H,7H2,2-3H3,(H,15,17,18)/t9-,11-,12-,14-,25+/m1/s1. The molecule has 0 radical (unpaired) electrons. The Morgan fingerprint density at radius 3 is 2.88 bits per heavy atom. The van der Waals surface area contributed by atoms with E-state index in [1.54, 1.807) is 13.8 Å². The Kier molecular flexibility index (Phi) is 4.49. The number of hydrogen-bond donors (Lipinski definition) is 2. The van der Waals surface area contributed by atoms with Gasteiger partial charge in [-0.2, -0.15) is 0 Å². The Labute approximate surface area is 142 Å². The van der Waals surface area contributed by atoms with Crippen LogP contribution in [0.1, 0.15) is 20.1 Å². The lowest BCUT2D eigenvalue weighted by Gasteiger charge is -2.34. The third-order valence-corrected chi connectivity index (χ3v) is 5.40. The molecule has 25 heavy (non-hydrogen) atoms. The minimum Gasteiger partial charge on any atom is -0.371 e. The largest absolute Gasteiger partial charge is 0.475 e. The first-order valence-corrected chi connectivity index (χ1v) is 8.93. The highest BCUT2D eigenvalue weighted by Crippen LogP contribution is 2.59. The minimum atomic E-state index is -3.95. The van der Waals surface area contributed by atoms with Crippen molar-refractivity contribution in [2.45, 2.75) is 44.0 Å². The normalized spacial score (nSPS) is 37.6. The molecule has 2 aliphatic rings. The van der Waals surface area contributed by atoms with E-state index in [-0.39, 0.29) is 6.61 Å². The van der Waals surface area contributed by atoms with Crippen molar-refractivity contribution in [3.63, 3.8) is 0 Å². The SMILES string of the molecule is C#C[C@@]1(O)[C@@H]2O[P@](=O)(OC(C)C)OC[C@H]2O[C@H]1n1ccc(=O)[nH]c1=O. The van der Waals surface area contributed by atoms with E-state index in [0.29, 0.717) is 0 Å². The summed E-state index contributed by atoms with van der Waals surface area (Å²) in [5.74, 6) is 2.14. The number of aromatic amines is 1. The monoisotopic (exact) mass is 372 g/mol. The lowest BCUT2D eigenvalue weighted by atomic mass is 9.95. The van der Waals surface area contributed by atoms with Gasteiger partial charge in [-0.15, -0.1) is 6.42 Å². The van der Waals surface area contributed by atoms with E-state index in [9.17, 15) is 19.3 Å². The lowest BCUT2D eigenvalue weighted by Crippen LogP contribution is -2.50. The van der Waals surface area contributed by atoms with Crippen molar-refractivity contribution >= 4 is 7.82 Å². The predicted octanol–water partition coefficient (Wildman–Crippen LogP) is -0.253. The van der Waals surface area contributed by atoms with Gasteiger partial charge in [-0.1, -0.05) is 5.92 Å². The molecule has 2 saturated heterocycles. The quantitative estimate of drug-likeness (QED) is 0.549. The summed E-state index contributed by atoms with van der Waals surface area (Å²) in [6, 6.07) is 1.08. The molecule has 0 aliphatic carbocycles. The zero-order valence-electron chi connectivity index (χ0n) is 13.4. The summed E-state index contributed by atoms with van der Waals surface area (Å²) in [5, 5.41) is 10.9. The van der Waals surface area contributed by atoms with Gasteiger partial charge >= 0.3 is 13.5 Å². The predicted molar refractivity (Wildman–Crippen MR) is 83.7 cm³/mol. The van der Waals surface area contributed by atoms with Crippen molar-refractivity contribution < 1.29 is 28.0 Å². The van der Waals surface area contributed by atoms with Gasteiger partial charge in [0.2, 0.25) is 0 Å². The molecule has 0 unspecified atom stereocenters. The Balaban J connectivity index is 1.98. The molecule has 3 rings (SSSR count). The molecule has 1 aromatic rings. The van der Waals surface area contributed by atoms with Gasteiger partial charge in [-0.25, -0.2) is 9.36 Å². The fraction of sp³-hybridized carbons (Fsp3) is 0.571. The summed E-state index contributed by atoms with van der Waals surface area (Å²) in [6.07, 6.45) is 2.63. The number of phosphoric ester groups is 1. The van der Waals surface area contributed by atoms with Crippen LogP contribution in [-0.4, -0.2) is 45.2 Å². The molecule has 10 nitrogen and oxygen atoms in total. The molecule has 0 spiro atoms.